The molecule has 1 aromatic carbocycles. The number of amides is 1. The predicted molar refractivity (Wildman–Crippen MR) is 85.3 cm³/mol. The van der Waals surface area contributed by atoms with E-state index in [4.69, 9.17) is 5.73 Å². The molecule has 0 fully saturated rings. The Morgan fingerprint density at radius 2 is 2.10 bits per heavy atom. The van der Waals surface area contributed by atoms with Crippen molar-refractivity contribution in [2.24, 2.45) is 7.05 Å². The molecule has 0 atom stereocenters. The molecule has 1 amide bonds. The van der Waals surface area contributed by atoms with Crippen molar-refractivity contribution >= 4 is 29.3 Å². The number of nitrogen functional groups attached to an aromatic ring is 1. The first kappa shape index (κ1) is 15.4. The number of nitrogens with zero attached hydrogens (tertiary/aromatic N) is 3. The molecule has 7 heteroatoms. The first-order chi connectivity index (χ1) is 9.99. The Hall–Kier alpha value is -2.02. The van der Waals surface area contributed by atoms with Gasteiger partial charge in [-0.05, 0) is 17.5 Å². The lowest BCUT2D eigenvalue weighted by molar-refractivity contribution is -0.113. The van der Waals surface area contributed by atoms with Crippen molar-refractivity contribution in [3.63, 3.8) is 0 Å². The minimum Gasteiger partial charge on any atom is -0.368 e. The Balaban J connectivity index is 1.98. The van der Waals surface area contributed by atoms with Gasteiger partial charge in [-0.2, -0.15) is 0 Å². The predicted octanol–water partition coefficient (Wildman–Crippen LogP) is 2.25. The summed E-state index contributed by atoms with van der Waals surface area (Å²) in [6.07, 6.45) is 0. The van der Waals surface area contributed by atoms with Gasteiger partial charge in [0.05, 0.1) is 5.75 Å². The van der Waals surface area contributed by atoms with Crippen molar-refractivity contribution in [2.45, 2.75) is 24.9 Å². The summed E-state index contributed by atoms with van der Waals surface area (Å²) in [6.45, 7) is 4.20. The average molecular weight is 305 g/mol. The molecule has 0 aliphatic heterocycles. The number of aromatic nitrogens is 3. The summed E-state index contributed by atoms with van der Waals surface area (Å²) in [5.41, 5.74) is 7.58. The number of rotatable bonds is 5. The van der Waals surface area contributed by atoms with Crippen LogP contribution >= 0.6 is 11.8 Å². The molecule has 6 nitrogen and oxygen atoms in total. The van der Waals surface area contributed by atoms with Crippen LogP contribution in [0.3, 0.4) is 0 Å². The number of carbonyl (C=O) groups is 1. The van der Waals surface area contributed by atoms with Crippen molar-refractivity contribution in [2.75, 3.05) is 16.8 Å². The number of nitrogens with one attached hydrogen (secondary N) is 1. The fourth-order valence-corrected chi connectivity index (χ4v) is 2.60. The van der Waals surface area contributed by atoms with E-state index in [1.54, 1.807) is 11.6 Å². The Bertz CT molecular complexity index is 638. The van der Waals surface area contributed by atoms with Gasteiger partial charge in [0.15, 0.2) is 5.16 Å². The van der Waals surface area contributed by atoms with E-state index in [9.17, 15) is 4.79 Å². The van der Waals surface area contributed by atoms with E-state index in [2.05, 4.69) is 29.4 Å². The fraction of sp³-hybridized carbons (Fsp3) is 0.357. The number of thioether (sulfide) groups is 1. The quantitative estimate of drug-likeness (QED) is 0.827. The lowest BCUT2D eigenvalue weighted by atomic mass is 10.0. The molecule has 112 valence electrons. The van der Waals surface area contributed by atoms with Crippen LogP contribution in [0.15, 0.2) is 29.4 Å². The first-order valence-corrected chi connectivity index (χ1v) is 7.64. The number of nitrogens with two attached hydrogens (primary N) is 1. The summed E-state index contributed by atoms with van der Waals surface area (Å²) in [5.74, 6) is 0.878. The minimum absolute atomic E-state index is 0.0744. The van der Waals surface area contributed by atoms with Gasteiger partial charge in [0, 0.05) is 12.7 Å². The summed E-state index contributed by atoms with van der Waals surface area (Å²) in [5, 5.41) is 11.2. The Kier molecular flexibility index (Phi) is 4.85. The van der Waals surface area contributed by atoms with Gasteiger partial charge in [-0.3, -0.25) is 9.36 Å². The molecule has 3 N–H and O–H groups in total. The van der Waals surface area contributed by atoms with E-state index in [0.29, 0.717) is 17.0 Å². The highest BCUT2D eigenvalue weighted by Gasteiger charge is 2.12. The maximum Gasteiger partial charge on any atom is 0.234 e. The van der Waals surface area contributed by atoms with Crippen LogP contribution in [0.5, 0.6) is 0 Å². The van der Waals surface area contributed by atoms with Crippen molar-refractivity contribution in [3.8, 4) is 0 Å². The Morgan fingerprint density at radius 1 is 1.38 bits per heavy atom. The number of anilines is 2. The molecule has 2 aromatic rings. The third-order valence-electron chi connectivity index (χ3n) is 3.06. The van der Waals surface area contributed by atoms with E-state index >= 15 is 0 Å². The highest BCUT2D eigenvalue weighted by Crippen LogP contribution is 2.24. The SMILES string of the molecule is CC(C)c1ccccc1NC(=O)CSc1nnc(N)n1C. The minimum atomic E-state index is -0.0744. The first-order valence-electron chi connectivity index (χ1n) is 6.65. The van der Waals surface area contributed by atoms with Crippen LogP contribution in [0.1, 0.15) is 25.3 Å². The molecule has 0 spiro atoms. The fourth-order valence-electron chi connectivity index (χ4n) is 1.88. The van der Waals surface area contributed by atoms with E-state index in [-0.39, 0.29) is 11.7 Å². The molecule has 0 radical (unpaired) electrons. The van der Waals surface area contributed by atoms with Gasteiger partial charge in [-0.25, -0.2) is 0 Å². The lowest BCUT2D eigenvalue weighted by Crippen LogP contribution is -2.16. The molecule has 0 saturated heterocycles. The summed E-state index contributed by atoms with van der Waals surface area (Å²) in [4.78, 5) is 12.1. The standard InChI is InChI=1S/C14H19N5OS/c1-9(2)10-6-4-5-7-11(10)16-12(20)8-21-14-18-17-13(15)19(14)3/h4-7,9H,8H2,1-3H3,(H2,15,17)(H,16,20). The van der Waals surface area contributed by atoms with Gasteiger partial charge in [0.25, 0.3) is 0 Å². The second-order valence-electron chi connectivity index (χ2n) is 4.98. The lowest BCUT2D eigenvalue weighted by Gasteiger charge is -2.13. The molecule has 0 aliphatic carbocycles. The van der Waals surface area contributed by atoms with Crippen LogP contribution in [-0.2, 0) is 11.8 Å². The molecule has 0 aliphatic rings. The van der Waals surface area contributed by atoms with Crippen molar-refractivity contribution in [1.82, 2.24) is 14.8 Å². The van der Waals surface area contributed by atoms with E-state index in [0.717, 1.165) is 11.3 Å². The maximum atomic E-state index is 12.1. The zero-order chi connectivity index (χ0) is 15.4. The van der Waals surface area contributed by atoms with Gasteiger partial charge >= 0.3 is 0 Å². The largest absolute Gasteiger partial charge is 0.368 e. The third kappa shape index (κ3) is 3.75. The summed E-state index contributed by atoms with van der Waals surface area (Å²) in [6, 6.07) is 7.83. The zero-order valence-corrected chi connectivity index (χ0v) is 13.1. The molecule has 0 saturated carbocycles. The van der Waals surface area contributed by atoms with Crippen LogP contribution in [0, 0.1) is 0 Å². The highest BCUT2D eigenvalue weighted by atomic mass is 32.2. The molecule has 1 heterocycles. The molecule has 1 aromatic heterocycles. The summed E-state index contributed by atoms with van der Waals surface area (Å²) < 4.78 is 1.65. The van der Waals surface area contributed by atoms with Crippen LogP contribution in [0.4, 0.5) is 11.6 Å². The number of para-hydroxylation sites is 1. The molecular weight excluding hydrogens is 286 g/mol. The number of benzene rings is 1. The van der Waals surface area contributed by atoms with Crippen molar-refractivity contribution in [3.05, 3.63) is 29.8 Å². The Labute approximate surface area is 128 Å². The highest BCUT2D eigenvalue weighted by molar-refractivity contribution is 7.99. The maximum absolute atomic E-state index is 12.1. The average Bonchev–Trinajstić information content (AvgIpc) is 2.77. The van der Waals surface area contributed by atoms with Gasteiger partial charge in [0.1, 0.15) is 0 Å². The second kappa shape index (κ2) is 6.62. The normalized spacial score (nSPS) is 10.9. The van der Waals surface area contributed by atoms with Crippen molar-refractivity contribution < 1.29 is 4.79 Å². The molecule has 0 unspecified atom stereocenters. The Morgan fingerprint density at radius 3 is 2.71 bits per heavy atom. The molecule has 21 heavy (non-hydrogen) atoms. The van der Waals surface area contributed by atoms with Crippen molar-refractivity contribution in [1.29, 1.82) is 0 Å². The molecule has 0 bridgehead atoms. The molecular formula is C14H19N5OS. The third-order valence-corrected chi connectivity index (χ3v) is 4.08. The summed E-state index contributed by atoms with van der Waals surface area (Å²) >= 11 is 1.31. The van der Waals surface area contributed by atoms with Crippen LogP contribution in [0.2, 0.25) is 0 Å². The van der Waals surface area contributed by atoms with Crippen LogP contribution in [0.25, 0.3) is 0 Å². The number of carbonyl (C=O) groups excluding carboxylic acids is 1. The van der Waals surface area contributed by atoms with E-state index in [1.165, 1.54) is 11.8 Å². The van der Waals surface area contributed by atoms with Crippen LogP contribution < -0.4 is 11.1 Å². The van der Waals surface area contributed by atoms with Crippen LogP contribution in [-0.4, -0.2) is 26.4 Å². The van der Waals surface area contributed by atoms with E-state index < -0.39 is 0 Å². The topological polar surface area (TPSA) is 85.8 Å². The van der Waals surface area contributed by atoms with Gasteiger partial charge in [0.2, 0.25) is 11.9 Å². The zero-order valence-electron chi connectivity index (χ0n) is 12.3. The van der Waals surface area contributed by atoms with E-state index in [1.807, 2.05) is 24.3 Å². The van der Waals surface area contributed by atoms with Gasteiger partial charge in [-0.1, -0.05) is 43.8 Å². The second-order valence-corrected chi connectivity index (χ2v) is 5.92. The number of hydrogen-bond donors (Lipinski definition) is 2. The summed E-state index contributed by atoms with van der Waals surface area (Å²) in [7, 11) is 1.77. The monoisotopic (exact) mass is 305 g/mol. The smallest absolute Gasteiger partial charge is 0.234 e. The van der Waals surface area contributed by atoms with Gasteiger partial charge < -0.3 is 11.1 Å². The van der Waals surface area contributed by atoms with Gasteiger partial charge in [-0.15, -0.1) is 10.2 Å². The number of hydrogen-bond acceptors (Lipinski definition) is 5. The molecule has 2 rings (SSSR count).